The molecule has 4 heteroatoms. The molecule has 0 aromatic rings. The van der Waals surface area contributed by atoms with Crippen LogP contribution in [0.4, 0.5) is 0 Å². The number of nitrogens with two attached hydrogens (primary N) is 3. The van der Waals surface area contributed by atoms with E-state index < -0.39 is 8.56 Å². The molecule has 0 heterocycles. The van der Waals surface area contributed by atoms with Crippen molar-refractivity contribution in [2.24, 2.45) is 16.2 Å². The average Bonchev–Trinajstić information content (AvgIpc) is 2.01. The third-order valence-electron chi connectivity index (χ3n) is 2.21. The highest BCUT2D eigenvalue weighted by atomic mass is 28.4. The quantitative estimate of drug-likeness (QED) is 0.414. The lowest BCUT2D eigenvalue weighted by atomic mass is 10.1. The molecule has 0 aromatic carbocycles. The number of rotatable bonds is 8. The van der Waals surface area contributed by atoms with Gasteiger partial charge in [-0.05, 0) is 6.04 Å². The molecule has 0 aliphatic heterocycles. The summed E-state index contributed by atoms with van der Waals surface area (Å²) >= 11 is 0. The highest BCUT2D eigenvalue weighted by molar-refractivity contribution is 6.70. The van der Waals surface area contributed by atoms with Gasteiger partial charge in [-0.1, -0.05) is 51.9 Å². The van der Waals surface area contributed by atoms with Gasteiger partial charge in [0.05, 0.1) is 0 Å². The van der Waals surface area contributed by atoms with Gasteiger partial charge < -0.3 is 16.2 Å². The van der Waals surface area contributed by atoms with E-state index in [-0.39, 0.29) is 0 Å². The molecule has 0 bridgehead atoms. The predicted octanol–water partition coefficient (Wildman–Crippen LogP) is 1.55. The van der Waals surface area contributed by atoms with E-state index in [4.69, 9.17) is 16.2 Å². The summed E-state index contributed by atoms with van der Waals surface area (Å²) in [7, 11) is -2.23. The molecule has 0 rings (SSSR count). The van der Waals surface area contributed by atoms with E-state index >= 15 is 0 Å². The van der Waals surface area contributed by atoms with Crippen LogP contribution in [0.25, 0.3) is 0 Å². The second kappa shape index (κ2) is 7.50. The fourth-order valence-electron chi connectivity index (χ4n) is 1.39. The Labute approximate surface area is 83.3 Å². The Hall–Kier alpha value is 0.0969. The van der Waals surface area contributed by atoms with Crippen LogP contribution in [0.2, 0.25) is 6.04 Å². The SMILES string of the molecule is CCCCCCCCC[Si](N)(N)N. The van der Waals surface area contributed by atoms with Gasteiger partial charge in [-0.15, -0.1) is 0 Å². The topological polar surface area (TPSA) is 78.1 Å². The van der Waals surface area contributed by atoms with Crippen molar-refractivity contribution in [3.63, 3.8) is 0 Å². The van der Waals surface area contributed by atoms with Crippen LogP contribution in [-0.4, -0.2) is 8.56 Å². The first-order valence-corrected chi connectivity index (χ1v) is 7.87. The van der Waals surface area contributed by atoms with Crippen LogP contribution in [0.15, 0.2) is 0 Å². The monoisotopic (exact) mass is 203 g/mol. The highest BCUT2D eigenvalue weighted by Gasteiger charge is 2.15. The Morgan fingerprint density at radius 3 is 1.69 bits per heavy atom. The summed E-state index contributed by atoms with van der Waals surface area (Å²) in [4.78, 5) is 0. The molecule has 0 aliphatic rings. The van der Waals surface area contributed by atoms with Crippen molar-refractivity contribution in [1.29, 1.82) is 0 Å². The van der Waals surface area contributed by atoms with Crippen molar-refractivity contribution >= 4 is 8.56 Å². The third kappa shape index (κ3) is 12.1. The molecular formula is C9H25N3Si. The van der Waals surface area contributed by atoms with E-state index in [1.165, 1.54) is 38.5 Å². The van der Waals surface area contributed by atoms with Gasteiger partial charge in [0.15, 0.2) is 0 Å². The van der Waals surface area contributed by atoms with Crippen LogP contribution in [-0.2, 0) is 0 Å². The summed E-state index contributed by atoms with van der Waals surface area (Å²) in [6.45, 7) is 2.23. The molecule has 3 nitrogen and oxygen atoms in total. The summed E-state index contributed by atoms with van der Waals surface area (Å²) in [5.74, 6) is 0. The van der Waals surface area contributed by atoms with Crippen LogP contribution in [0, 0.1) is 0 Å². The minimum Gasteiger partial charge on any atom is -0.327 e. The summed E-state index contributed by atoms with van der Waals surface area (Å²) in [5, 5.41) is 16.8. The van der Waals surface area contributed by atoms with E-state index in [2.05, 4.69) is 6.92 Å². The normalized spacial score (nSPS) is 12.0. The molecular weight excluding hydrogens is 178 g/mol. The van der Waals surface area contributed by atoms with E-state index in [1.807, 2.05) is 0 Å². The molecule has 6 N–H and O–H groups in total. The molecule has 0 saturated heterocycles. The molecule has 0 radical (unpaired) electrons. The molecule has 0 fully saturated rings. The van der Waals surface area contributed by atoms with Crippen LogP contribution < -0.4 is 16.2 Å². The number of unbranched alkanes of at least 4 members (excludes halogenated alkanes) is 6. The highest BCUT2D eigenvalue weighted by Crippen LogP contribution is 2.09. The van der Waals surface area contributed by atoms with Crippen molar-refractivity contribution in [2.75, 3.05) is 0 Å². The van der Waals surface area contributed by atoms with E-state index in [0.29, 0.717) is 0 Å². The maximum atomic E-state index is 5.59. The second-order valence-corrected chi connectivity index (χ2v) is 6.71. The van der Waals surface area contributed by atoms with Gasteiger partial charge in [0.25, 0.3) is 8.56 Å². The second-order valence-electron chi connectivity index (χ2n) is 3.98. The van der Waals surface area contributed by atoms with Crippen LogP contribution in [0.5, 0.6) is 0 Å². The Kier molecular flexibility index (Phi) is 7.55. The minimum atomic E-state index is -2.23. The zero-order chi connectivity index (χ0) is 10.2. The Balaban J connectivity index is 3.00. The van der Waals surface area contributed by atoms with Crippen LogP contribution in [0.1, 0.15) is 51.9 Å². The Bertz CT molecular complexity index is 112. The smallest absolute Gasteiger partial charge is 0.273 e. The first-order chi connectivity index (χ1) is 6.06. The molecule has 0 atom stereocenters. The molecule has 0 spiro atoms. The molecule has 0 amide bonds. The summed E-state index contributed by atoms with van der Waals surface area (Å²) in [6.07, 6.45) is 9.05. The lowest BCUT2D eigenvalue weighted by molar-refractivity contribution is 0.600. The van der Waals surface area contributed by atoms with Gasteiger partial charge in [0.2, 0.25) is 0 Å². The standard InChI is InChI=1S/C9H25N3Si/c1-2-3-4-5-6-7-8-9-13(10,11)12/h2-12H2,1H3. The maximum Gasteiger partial charge on any atom is 0.273 e. The average molecular weight is 203 g/mol. The van der Waals surface area contributed by atoms with Crippen molar-refractivity contribution in [3.8, 4) is 0 Å². The minimum absolute atomic E-state index is 0.862. The lowest BCUT2D eigenvalue weighted by Crippen LogP contribution is -2.64. The number of hydrogen-bond donors (Lipinski definition) is 3. The Morgan fingerprint density at radius 2 is 1.23 bits per heavy atom. The van der Waals surface area contributed by atoms with Crippen molar-refractivity contribution < 1.29 is 0 Å². The zero-order valence-electron chi connectivity index (χ0n) is 8.89. The molecule has 0 unspecified atom stereocenters. The maximum absolute atomic E-state index is 5.59. The number of hydrogen-bond acceptors (Lipinski definition) is 3. The van der Waals surface area contributed by atoms with Crippen molar-refractivity contribution in [2.45, 2.75) is 57.9 Å². The summed E-state index contributed by atoms with van der Waals surface area (Å²) in [6, 6.07) is 0.862. The van der Waals surface area contributed by atoms with Gasteiger partial charge >= 0.3 is 0 Å². The van der Waals surface area contributed by atoms with Crippen molar-refractivity contribution in [1.82, 2.24) is 0 Å². The van der Waals surface area contributed by atoms with Crippen LogP contribution in [0.3, 0.4) is 0 Å². The molecule has 0 saturated carbocycles. The summed E-state index contributed by atoms with van der Waals surface area (Å²) in [5.41, 5.74) is 0. The van der Waals surface area contributed by atoms with Gasteiger partial charge in [0.1, 0.15) is 0 Å². The van der Waals surface area contributed by atoms with Gasteiger partial charge in [-0.25, -0.2) is 0 Å². The van der Waals surface area contributed by atoms with Crippen LogP contribution >= 0.6 is 0 Å². The molecule has 0 aromatic heterocycles. The first kappa shape index (κ1) is 13.1. The Morgan fingerprint density at radius 1 is 0.769 bits per heavy atom. The fraction of sp³-hybridized carbons (Fsp3) is 1.00. The van der Waals surface area contributed by atoms with Crippen molar-refractivity contribution in [3.05, 3.63) is 0 Å². The zero-order valence-corrected chi connectivity index (χ0v) is 9.89. The van der Waals surface area contributed by atoms with Gasteiger partial charge in [-0.2, -0.15) is 0 Å². The van der Waals surface area contributed by atoms with E-state index in [1.54, 1.807) is 0 Å². The summed E-state index contributed by atoms with van der Waals surface area (Å²) < 4.78 is 0. The predicted molar refractivity (Wildman–Crippen MR) is 61.1 cm³/mol. The fourth-order valence-corrected chi connectivity index (χ4v) is 2.25. The van der Waals surface area contributed by atoms with E-state index in [9.17, 15) is 0 Å². The van der Waals surface area contributed by atoms with E-state index in [0.717, 1.165) is 12.5 Å². The van der Waals surface area contributed by atoms with Gasteiger partial charge in [0, 0.05) is 0 Å². The van der Waals surface area contributed by atoms with Gasteiger partial charge in [-0.3, -0.25) is 0 Å². The molecule has 13 heavy (non-hydrogen) atoms. The lowest BCUT2D eigenvalue weighted by Gasteiger charge is -2.13. The largest absolute Gasteiger partial charge is 0.327 e. The third-order valence-corrected chi connectivity index (χ3v) is 3.43. The first-order valence-electron chi connectivity index (χ1n) is 5.43. The molecule has 80 valence electrons. The molecule has 0 aliphatic carbocycles.